The summed E-state index contributed by atoms with van der Waals surface area (Å²) >= 11 is 1.69. The molecule has 0 aliphatic heterocycles. The zero-order valence-corrected chi connectivity index (χ0v) is 27.1. The molecule has 0 spiro atoms. The molecular weight excluding hydrogens is 499 g/mol. The standard InChI is InChI=1S/C31H65O4PS/c1-5-8-11-14-17-18-19-20-23-26-29-37-30-31(4,32)36(33,34-27-24-21-15-12-9-6-2)35-28-25-22-16-13-10-7-3/h32H,5-30H2,1-4H3. The molecule has 0 aromatic rings. The van der Waals surface area contributed by atoms with Crippen molar-refractivity contribution in [3.05, 3.63) is 0 Å². The van der Waals surface area contributed by atoms with Gasteiger partial charge in [-0.15, -0.1) is 0 Å². The highest BCUT2D eigenvalue weighted by molar-refractivity contribution is 7.99. The molecule has 0 saturated heterocycles. The van der Waals surface area contributed by atoms with Crippen molar-refractivity contribution < 1.29 is 18.7 Å². The van der Waals surface area contributed by atoms with E-state index in [1.807, 2.05) is 0 Å². The second kappa shape index (κ2) is 26.7. The van der Waals surface area contributed by atoms with Gasteiger partial charge in [0.1, 0.15) is 0 Å². The van der Waals surface area contributed by atoms with E-state index >= 15 is 0 Å². The molecule has 4 nitrogen and oxygen atoms in total. The van der Waals surface area contributed by atoms with Gasteiger partial charge in [-0.2, -0.15) is 11.8 Å². The van der Waals surface area contributed by atoms with Crippen molar-refractivity contribution in [2.24, 2.45) is 0 Å². The maximum atomic E-state index is 13.7. The van der Waals surface area contributed by atoms with Crippen LogP contribution in [-0.2, 0) is 13.6 Å². The smallest absolute Gasteiger partial charge is 0.362 e. The predicted molar refractivity (Wildman–Crippen MR) is 166 cm³/mol. The first-order valence-electron chi connectivity index (χ1n) is 16.1. The van der Waals surface area contributed by atoms with Gasteiger partial charge in [-0.1, -0.05) is 143 Å². The van der Waals surface area contributed by atoms with Gasteiger partial charge in [0.15, 0.2) is 5.34 Å². The van der Waals surface area contributed by atoms with Gasteiger partial charge in [0.05, 0.1) is 13.2 Å². The second-order valence-electron chi connectivity index (χ2n) is 11.2. The Kier molecular flexibility index (Phi) is 27.0. The van der Waals surface area contributed by atoms with Crippen LogP contribution in [0.4, 0.5) is 0 Å². The Morgan fingerprint density at radius 1 is 0.568 bits per heavy atom. The van der Waals surface area contributed by atoms with E-state index in [2.05, 4.69) is 20.8 Å². The van der Waals surface area contributed by atoms with Crippen LogP contribution in [0.1, 0.15) is 169 Å². The van der Waals surface area contributed by atoms with E-state index in [0.29, 0.717) is 19.0 Å². The fraction of sp³-hybridized carbons (Fsp3) is 1.00. The largest absolute Gasteiger partial charge is 0.377 e. The maximum absolute atomic E-state index is 13.7. The van der Waals surface area contributed by atoms with Gasteiger partial charge in [-0.05, 0) is 31.9 Å². The minimum absolute atomic E-state index is 0.398. The molecule has 0 aliphatic rings. The molecule has 37 heavy (non-hydrogen) atoms. The van der Waals surface area contributed by atoms with Crippen molar-refractivity contribution in [3.63, 3.8) is 0 Å². The van der Waals surface area contributed by atoms with Gasteiger partial charge < -0.3 is 14.2 Å². The minimum Gasteiger partial charge on any atom is -0.377 e. The summed E-state index contributed by atoms with van der Waals surface area (Å²) in [6, 6.07) is 0. The molecule has 1 atom stereocenters. The predicted octanol–water partition coefficient (Wildman–Crippen LogP) is 11.3. The molecule has 1 unspecified atom stereocenters. The van der Waals surface area contributed by atoms with Crippen LogP contribution in [0.5, 0.6) is 0 Å². The lowest BCUT2D eigenvalue weighted by atomic mass is 10.1. The average molecular weight is 565 g/mol. The monoisotopic (exact) mass is 564 g/mol. The molecule has 0 bridgehead atoms. The van der Waals surface area contributed by atoms with Crippen molar-refractivity contribution in [3.8, 4) is 0 Å². The number of rotatable bonds is 30. The zero-order chi connectivity index (χ0) is 27.5. The van der Waals surface area contributed by atoms with Crippen LogP contribution < -0.4 is 0 Å². The van der Waals surface area contributed by atoms with Gasteiger partial charge >= 0.3 is 7.60 Å². The lowest BCUT2D eigenvalue weighted by Gasteiger charge is -2.31. The molecule has 0 rings (SSSR count). The Balaban J connectivity index is 4.34. The van der Waals surface area contributed by atoms with E-state index in [1.165, 1.54) is 109 Å². The third-order valence-electron chi connectivity index (χ3n) is 7.13. The lowest BCUT2D eigenvalue weighted by Crippen LogP contribution is -2.30. The van der Waals surface area contributed by atoms with E-state index in [1.54, 1.807) is 18.7 Å². The Hall–Kier alpha value is 0.460. The SMILES string of the molecule is CCCCCCCCCCCCSCC(C)(O)P(=O)(OCCCCCCCC)OCCCCCCCC. The van der Waals surface area contributed by atoms with Crippen molar-refractivity contribution in [2.75, 3.05) is 24.7 Å². The fourth-order valence-electron chi connectivity index (χ4n) is 4.49. The van der Waals surface area contributed by atoms with Gasteiger partial charge in [0, 0.05) is 5.75 Å². The molecule has 6 heteroatoms. The Bertz CT molecular complexity index is 493. The molecular formula is C31H65O4PS. The van der Waals surface area contributed by atoms with E-state index in [0.717, 1.165) is 37.9 Å². The minimum atomic E-state index is -3.59. The summed E-state index contributed by atoms with van der Waals surface area (Å²) in [6.45, 7) is 9.16. The third-order valence-corrected chi connectivity index (χ3v) is 11.1. The summed E-state index contributed by atoms with van der Waals surface area (Å²) in [5.41, 5.74) is 0. The molecule has 0 amide bonds. The molecule has 0 saturated carbocycles. The normalized spacial score (nSPS) is 13.8. The molecule has 0 fully saturated rings. The first kappa shape index (κ1) is 37.5. The fourth-order valence-corrected chi connectivity index (χ4v) is 7.70. The zero-order valence-electron chi connectivity index (χ0n) is 25.4. The molecule has 1 N–H and O–H groups in total. The highest BCUT2D eigenvalue weighted by Gasteiger charge is 2.45. The summed E-state index contributed by atoms with van der Waals surface area (Å²) in [4.78, 5) is 0. The van der Waals surface area contributed by atoms with Gasteiger partial charge in [0.2, 0.25) is 0 Å². The molecule has 0 heterocycles. The summed E-state index contributed by atoms with van der Waals surface area (Å²) < 4.78 is 25.5. The number of unbranched alkanes of at least 4 members (excludes halogenated alkanes) is 19. The second-order valence-corrected chi connectivity index (χ2v) is 14.7. The number of aliphatic hydroxyl groups is 1. The van der Waals surface area contributed by atoms with Crippen LogP contribution in [-0.4, -0.2) is 35.2 Å². The molecule has 0 aromatic heterocycles. The Labute approximate surface area is 236 Å². The van der Waals surface area contributed by atoms with Crippen molar-refractivity contribution in [1.29, 1.82) is 0 Å². The first-order chi connectivity index (χ1) is 17.9. The van der Waals surface area contributed by atoms with Crippen molar-refractivity contribution in [2.45, 2.75) is 174 Å². The van der Waals surface area contributed by atoms with Crippen molar-refractivity contribution >= 4 is 19.4 Å². The van der Waals surface area contributed by atoms with Gasteiger partial charge in [-0.25, -0.2) is 0 Å². The summed E-state index contributed by atoms with van der Waals surface area (Å²) in [5, 5.41) is 9.76. The lowest BCUT2D eigenvalue weighted by molar-refractivity contribution is 0.0924. The molecule has 224 valence electrons. The van der Waals surface area contributed by atoms with E-state index in [4.69, 9.17) is 9.05 Å². The quantitative estimate of drug-likeness (QED) is 0.0694. The van der Waals surface area contributed by atoms with Crippen LogP contribution in [0, 0.1) is 0 Å². The van der Waals surface area contributed by atoms with Gasteiger partial charge in [0.25, 0.3) is 0 Å². The number of thioether (sulfide) groups is 1. The maximum Gasteiger partial charge on any atom is 0.362 e. The topological polar surface area (TPSA) is 55.8 Å². The van der Waals surface area contributed by atoms with Crippen LogP contribution >= 0.6 is 19.4 Å². The highest BCUT2D eigenvalue weighted by atomic mass is 32.2. The van der Waals surface area contributed by atoms with Crippen LogP contribution in [0.2, 0.25) is 0 Å². The van der Waals surface area contributed by atoms with Crippen molar-refractivity contribution in [1.82, 2.24) is 0 Å². The molecule has 0 radical (unpaired) electrons. The Morgan fingerprint density at radius 2 is 0.892 bits per heavy atom. The summed E-state index contributed by atoms with van der Waals surface area (Å²) in [7, 11) is -3.59. The third kappa shape index (κ3) is 21.9. The number of hydrogen-bond acceptors (Lipinski definition) is 5. The van der Waals surface area contributed by atoms with Crippen LogP contribution in [0.15, 0.2) is 0 Å². The van der Waals surface area contributed by atoms with Crippen LogP contribution in [0.3, 0.4) is 0 Å². The Morgan fingerprint density at radius 3 is 1.27 bits per heavy atom. The molecule has 0 aliphatic carbocycles. The van der Waals surface area contributed by atoms with Crippen LogP contribution in [0.25, 0.3) is 0 Å². The first-order valence-corrected chi connectivity index (χ1v) is 18.8. The highest BCUT2D eigenvalue weighted by Crippen LogP contribution is 2.59. The molecule has 0 aromatic carbocycles. The van der Waals surface area contributed by atoms with E-state index in [-0.39, 0.29) is 0 Å². The summed E-state index contributed by atoms with van der Waals surface area (Å²) in [6.07, 6.45) is 27.0. The van der Waals surface area contributed by atoms with E-state index < -0.39 is 12.9 Å². The van der Waals surface area contributed by atoms with Gasteiger partial charge in [-0.3, -0.25) is 4.57 Å². The number of hydrogen-bond donors (Lipinski definition) is 1. The average Bonchev–Trinajstić information content (AvgIpc) is 2.88. The van der Waals surface area contributed by atoms with E-state index in [9.17, 15) is 9.67 Å². The summed E-state index contributed by atoms with van der Waals surface area (Å²) in [5.74, 6) is 1.39.